The van der Waals surface area contributed by atoms with Gasteiger partial charge < -0.3 is 19.8 Å². The van der Waals surface area contributed by atoms with Crippen molar-refractivity contribution >= 4 is 5.91 Å². The summed E-state index contributed by atoms with van der Waals surface area (Å²) in [5.74, 6) is -0.0273. The molecule has 0 saturated carbocycles. The van der Waals surface area contributed by atoms with E-state index < -0.39 is 0 Å². The van der Waals surface area contributed by atoms with Crippen molar-refractivity contribution in [2.24, 2.45) is 0 Å². The van der Waals surface area contributed by atoms with E-state index in [-0.39, 0.29) is 11.9 Å². The lowest BCUT2D eigenvalue weighted by atomic mass is 10.2. The van der Waals surface area contributed by atoms with E-state index in [9.17, 15) is 4.79 Å². The Kier molecular flexibility index (Phi) is 5.60. The van der Waals surface area contributed by atoms with Gasteiger partial charge in [0.15, 0.2) is 0 Å². The molecule has 5 heteroatoms. The van der Waals surface area contributed by atoms with E-state index in [2.05, 4.69) is 10.6 Å². The number of hydrogen-bond acceptors (Lipinski definition) is 4. The zero-order chi connectivity index (χ0) is 11.8. The number of amides is 1. The number of carbonyl (C=O) groups is 1. The van der Waals surface area contributed by atoms with Crippen molar-refractivity contribution in [3.63, 3.8) is 0 Å². The Morgan fingerprint density at radius 3 is 3.06 bits per heavy atom. The molecule has 0 spiro atoms. The lowest BCUT2D eigenvalue weighted by molar-refractivity contribution is -0.122. The minimum Gasteiger partial charge on any atom is -0.472 e. The Labute approximate surface area is 95.2 Å². The maximum absolute atomic E-state index is 11.5. The first-order valence-electron chi connectivity index (χ1n) is 5.25. The molecule has 1 atom stereocenters. The van der Waals surface area contributed by atoms with Crippen molar-refractivity contribution in [2.75, 3.05) is 20.3 Å². The van der Waals surface area contributed by atoms with Crippen LogP contribution in [0.15, 0.2) is 23.0 Å². The second kappa shape index (κ2) is 7.03. The normalized spacial score (nSPS) is 12.4. The lowest BCUT2D eigenvalue weighted by Crippen LogP contribution is -2.42. The Hall–Kier alpha value is -1.33. The van der Waals surface area contributed by atoms with Crippen LogP contribution in [-0.4, -0.2) is 32.2 Å². The molecule has 2 N–H and O–H groups in total. The maximum Gasteiger partial charge on any atom is 0.236 e. The van der Waals surface area contributed by atoms with Crippen molar-refractivity contribution in [2.45, 2.75) is 19.5 Å². The number of nitrogens with one attached hydrogen (secondary N) is 2. The summed E-state index contributed by atoms with van der Waals surface area (Å²) in [6.07, 6.45) is 3.27. The average molecular weight is 226 g/mol. The first kappa shape index (κ1) is 12.7. The fourth-order valence-corrected chi connectivity index (χ4v) is 1.19. The Morgan fingerprint density at radius 2 is 2.44 bits per heavy atom. The Bertz CT molecular complexity index is 298. The van der Waals surface area contributed by atoms with Crippen LogP contribution in [-0.2, 0) is 16.1 Å². The van der Waals surface area contributed by atoms with Gasteiger partial charge in [-0.3, -0.25) is 4.79 Å². The first-order valence-corrected chi connectivity index (χ1v) is 5.25. The second-order valence-electron chi connectivity index (χ2n) is 3.52. The van der Waals surface area contributed by atoms with Gasteiger partial charge in [0.25, 0.3) is 0 Å². The van der Waals surface area contributed by atoms with E-state index in [0.717, 1.165) is 5.56 Å². The van der Waals surface area contributed by atoms with Crippen LogP contribution >= 0.6 is 0 Å². The second-order valence-corrected chi connectivity index (χ2v) is 3.52. The smallest absolute Gasteiger partial charge is 0.236 e. The van der Waals surface area contributed by atoms with Gasteiger partial charge in [-0.25, -0.2) is 0 Å². The molecule has 0 bridgehead atoms. The highest BCUT2D eigenvalue weighted by Crippen LogP contribution is 1.99. The third-order valence-electron chi connectivity index (χ3n) is 2.19. The molecule has 0 aromatic carbocycles. The standard InChI is InChI=1S/C11H18N2O3/c1-9(11(14)12-4-6-15-2)13-7-10-3-5-16-8-10/h3,5,8-9,13H,4,6-7H2,1-2H3,(H,12,14). The van der Waals surface area contributed by atoms with Crippen LogP contribution in [0, 0.1) is 0 Å². The maximum atomic E-state index is 11.5. The van der Waals surface area contributed by atoms with E-state index in [1.165, 1.54) is 0 Å². The summed E-state index contributed by atoms with van der Waals surface area (Å²) in [5.41, 5.74) is 1.02. The summed E-state index contributed by atoms with van der Waals surface area (Å²) < 4.78 is 9.77. The third-order valence-corrected chi connectivity index (χ3v) is 2.19. The van der Waals surface area contributed by atoms with Gasteiger partial charge in [-0.1, -0.05) is 0 Å². The molecule has 1 aromatic rings. The van der Waals surface area contributed by atoms with E-state index >= 15 is 0 Å². The molecule has 1 rings (SSSR count). The molecule has 1 amide bonds. The van der Waals surface area contributed by atoms with Crippen LogP contribution in [0.3, 0.4) is 0 Å². The third kappa shape index (κ3) is 4.46. The fraction of sp³-hybridized carbons (Fsp3) is 0.545. The highest BCUT2D eigenvalue weighted by molar-refractivity contribution is 5.81. The molecule has 0 fully saturated rings. The molecule has 1 heterocycles. The highest BCUT2D eigenvalue weighted by Gasteiger charge is 2.11. The first-order chi connectivity index (χ1) is 7.74. The quantitative estimate of drug-likeness (QED) is 0.665. The Balaban J connectivity index is 2.18. The molecule has 0 aliphatic rings. The van der Waals surface area contributed by atoms with E-state index in [1.54, 1.807) is 19.6 Å². The van der Waals surface area contributed by atoms with Gasteiger partial charge in [0, 0.05) is 25.8 Å². The average Bonchev–Trinajstić information content (AvgIpc) is 2.79. The van der Waals surface area contributed by atoms with Gasteiger partial charge in [-0.15, -0.1) is 0 Å². The molecule has 1 unspecified atom stereocenters. The number of rotatable bonds is 7. The van der Waals surface area contributed by atoms with E-state index in [0.29, 0.717) is 19.7 Å². The molecule has 90 valence electrons. The molecular formula is C11H18N2O3. The summed E-state index contributed by atoms with van der Waals surface area (Å²) in [7, 11) is 1.60. The monoisotopic (exact) mass is 226 g/mol. The van der Waals surface area contributed by atoms with Gasteiger partial charge in [0.2, 0.25) is 5.91 Å². The molecule has 16 heavy (non-hydrogen) atoms. The number of furan rings is 1. The van der Waals surface area contributed by atoms with Gasteiger partial charge >= 0.3 is 0 Å². The minimum absolute atomic E-state index is 0.0273. The lowest BCUT2D eigenvalue weighted by Gasteiger charge is -2.13. The molecule has 0 aliphatic carbocycles. The van der Waals surface area contributed by atoms with Crippen molar-refractivity contribution < 1.29 is 13.9 Å². The van der Waals surface area contributed by atoms with Crippen LogP contribution in [0.5, 0.6) is 0 Å². The summed E-state index contributed by atoms with van der Waals surface area (Å²) >= 11 is 0. The summed E-state index contributed by atoms with van der Waals surface area (Å²) in [6, 6.07) is 1.63. The van der Waals surface area contributed by atoms with Crippen LogP contribution in [0.1, 0.15) is 12.5 Å². The Morgan fingerprint density at radius 1 is 1.62 bits per heavy atom. The zero-order valence-electron chi connectivity index (χ0n) is 9.66. The van der Waals surface area contributed by atoms with Gasteiger partial charge in [0.1, 0.15) is 0 Å². The molecule has 5 nitrogen and oxygen atoms in total. The van der Waals surface area contributed by atoms with Crippen LogP contribution in [0.4, 0.5) is 0 Å². The van der Waals surface area contributed by atoms with E-state index in [1.807, 2.05) is 13.0 Å². The number of methoxy groups -OCH3 is 1. The molecule has 1 aromatic heterocycles. The summed E-state index contributed by atoms with van der Waals surface area (Å²) in [4.78, 5) is 11.5. The van der Waals surface area contributed by atoms with Crippen molar-refractivity contribution in [3.05, 3.63) is 24.2 Å². The van der Waals surface area contributed by atoms with Gasteiger partial charge in [-0.2, -0.15) is 0 Å². The SMILES string of the molecule is COCCNC(=O)C(C)NCc1ccoc1. The molecular weight excluding hydrogens is 208 g/mol. The van der Waals surface area contributed by atoms with Crippen LogP contribution in [0.25, 0.3) is 0 Å². The van der Waals surface area contributed by atoms with Crippen LogP contribution < -0.4 is 10.6 Å². The molecule has 0 saturated heterocycles. The van der Waals surface area contributed by atoms with Crippen molar-refractivity contribution in [1.82, 2.24) is 10.6 Å². The molecule has 0 radical (unpaired) electrons. The summed E-state index contributed by atoms with van der Waals surface area (Å²) in [6.45, 7) is 3.50. The summed E-state index contributed by atoms with van der Waals surface area (Å²) in [5, 5.41) is 5.86. The largest absolute Gasteiger partial charge is 0.472 e. The van der Waals surface area contributed by atoms with Crippen molar-refractivity contribution in [1.29, 1.82) is 0 Å². The zero-order valence-corrected chi connectivity index (χ0v) is 9.66. The minimum atomic E-state index is -0.230. The fourth-order valence-electron chi connectivity index (χ4n) is 1.19. The van der Waals surface area contributed by atoms with Gasteiger partial charge in [0.05, 0.1) is 25.2 Å². The number of ether oxygens (including phenoxy) is 1. The predicted octanol–water partition coefficient (Wildman–Crippen LogP) is 0.520. The molecule has 0 aliphatic heterocycles. The predicted molar refractivity (Wildman–Crippen MR) is 59.9 cm³/mol. The van der Waals surface area contributed by atoms with Gasteiger partial charge in [-0.05, 0) is 13.0 Å². The number of hydrogen-bond donors (Lipinski definition) is 2. The topological polar surface area (TPSA) is 63.5 Å². The van der Waals surface area contributed by atoms with Crippen LogP contribution in [0.2, 0.25) is 0 Å². The van der Waals surface area contributed by atoms with E-state index in [4.69, 9.17) is 9.15 Å². The number of carbonyl (C=O) groups excluding carboxylic acids is 1. The highest BCUT2D eigenvalue weighted by atomic mass is 16.5. The van der Waals surface area contributed by atoms with Crippen molar-refractivity contribution in [3.8, 4) is 0 Å².